The van der Waals surface area contributed by atoms with Crippen molar-refractivity contribution in [3.8, 4) is 11.1 Å². The number of Topliss-reactive ketones (excluding diaryl/α,β-unsaturated/α-hetero) is 2. The Morgan fingerprint density at radius 3 is 1.23 bits per heavy atom. The first kappa shape index (κ1) is 29.8. The van der Waals surface area contributed by atoms with E-state index >= 15 is 0 Å². The van der Waals surface area contributed by atoms with Crippen molar-refractivity contribution in [1.29, 1.82) is 0 Å². The zero-order chi connectivity index (χ0) is 32.5. The molecule has 48 heavy (non-hydrogen) atoms. The maximum Gasteiger partial charge on any atom is 0.161 e. The molecular weight excluding hydrogens is 587 g/mol. The molecule has 5 aromatic carbocycles. The van der Waals surface area contributed by atoms with Gasteiger partial charge in [-0.2, -0.15) is 0 Å². The third-order valence-electron chi connectivity index (χ3n) is 9.98. The number of ketones is 2. The molecule has 0 saturated heterocycles. The van der Waals surface area contributed by atoms with E-state index in [1.165, 1.54) is 22.3 Å². The number of rotatable bonds is 6. The van der Waals surface area contributed by atoms with Gasteiger partial charge >= 0.3 is 0 Å². The molecule has 1 heterocycles. The highest BCUT2D eigenvalue weighted by atomic mass is 16.1. The van der Waals surface area contributed by atoms with Gasteiger partial charge in [0.2, 0.25) is 0 Å². The van der Waals surface area contributed by atoms with Crippen molar-refractivity contribution in [3.63, 3.8) is 0 Å². The lowest BCUT2D eigenvalue weighted by Gasteiger charge is -2.37. The highest BCUT2D eigenvalue weighted by molar-refractivity contribution is 6.07. The lowest BCUT2D eigenvalue weighted by atomic mass is 9.71. The van der Waals surface area contributed by atoms with Crippen LogP contribution in [0.2, 0.25) is 0 Å². The van der Waals surface area contributed by atoms with Gasteiger partial charge in [-0.3, -0.25) is 9.59 Å². The largest absolute Gasteiger partial charge is 0.362 e. The molecule has 0 amide bonds. The Balaban J connectivity index is 1.18. The van der Waals surface area contributed by atoms with Crippen LogP contribution in [0.3, 0.4) is 0 Å². The number of dihydropyridines is 1. The number of allylic oxidation sites excluding steroid dienone is 4. The predicted octanol–water partition coefficient (Wildman–Crippen LogP) is 10.1. The smallest absolute Gasteiger partial charge is 0.161 e. The molecule has 3 nitrogen and oxygen atoms in total. The fraction of sp³-hybridized carbons (Fsp3) is 0.156. The van der Waals surface area contributed by atoms with Crippen molar-refractivity contribution < 1.29 is 9.59 Å². The van der Waals surface area contributed by atoms with Gasteiger partial charge in [0.15, 0.2) is 11.6 Å². The van der Waals surface area contributed by atoms with Crippen LogP contribution in [0.5, 0.6) is 0 Å². The first-order valence-corrected chi connectivity index (χ1v) is 17.1. The standard InChI is InChI=1S/C45H37NO2/c47-39-20-10-18-37-44(39)43(45-38(46-37)19-11-21-40(45)48)36-28-24-31(25-29-36)30-22-26-35(27-23-30)42(34-16-8-3-9-17-34)41(32-12-4-1-5-13-32)33-14-6-2-7-15-33/h1-9,12-17,22-29,43,46H,10-11,18-21H2. The number of nitrogens with one attached hydrogen (secondary N) is 1. The minimum absolute atomic E-state index is 0.172. The van der Waals surface area contributed by atoms with Crippen molar-refractivity contribution >= 4 is 22.7 Å². The highest BCUT2D eigenvalue weighted by Gasteiger charge is 2.40. The van der Waals surface area contributed by atoms with Crippen LogP contribution >= 0.6 is 0 Å². The van der Waals surface area contributed by atoms with Crippen LogP contribution in [0, 0.1) is 0 Å². The molecule has 0 bridgehead atoms. The summed E-state index contributed by atoms with van der Waals surface area (Å²) in [7, 11) is 0. The SMILES string of the molecule is O=C1CCCC2=C1C(c1ccc(-c3ccc(C(=C(c4ccccc4)c4ccccc4)c4ccccc4)cc3)cc1)C1=C(CCCC1=O)N2. The summed E-state index contributed by atoms with van der Waals surface area (Å²) in [4.78, 5) is 26.5. The highest BCUT2D eigenvalue weighted by Crippen LogP contribution is 2.45. The molecule has 5 aromatic rings. The first-order chi connectivity index (χ1) is 23.7. The van der Waals surface area contributed by atoms with Gasteiger partial charge in [-0.15, -0.1) is 0 Å². The van der Waals surface area contributed by atoms with E-state index in [0.29, 0.717) is 12.8 Å². The molecule has 3 heteroatoms. The molecule has 0 spiro atoms. The van der Waals surface area contributed by atoms with E-state index < -0.39 is 0 Å². The zero-order valence-corrected chi connectivity index (χ0v) is 26.9. The van der Waals surface area contributed by atoms with Crippen LogP contribution in [0.25, 0.3) is 22.3 Å². The van der Waals surface area contributed by atoms with Crippen molar-refractivity contribution in [2.75, 3.05) is 0 Å². The maximum atomic E-state index is 13.3. The molecule has 8 rings (SSSR count). The molecule has 3 aliphatic rings. The topological polar surface area (TPSA) is 46.2 Å². The second-order valence-corrected chi connectivity index (χ2v) is 12.9. The molecule has 234 valence electrons. The fourth-order valence-corrected chi connectivity index (χ4v) is 7.74. The molecule has 0 unspecified atom stereocenters. The Kier molecular flexibility index (Phi) is 8.03. The summed E-state index contributed by atoms with van der Waals surface area (Å²) in [6.45, 7) is 0. The van der Waals surface area contributed by atoms with E-state index in [2.05, 4.69) is 145 Å². The summed E-state index contributed by atoms with van der Waals surface area (Å²) in [6, 6.07) is 49.2. The van der Waals surface area contributed by atoms with E-state index in [9.17, 15) is 9.59 Å². The number of benzene rings is 5. The van der Waals surface area contributed by atoms with Gasteiger partial charge < -0.3 is 5.32 Å². The Morgan fingerprint density at radius 2 is 0.812 bits per heavy atom. The third-order valence-corrected chi connectivity index (χ3v) is 9.98. The van der Waals surface area contributed by atoms with Gasteiger partial charge in [0.25, 0.3) is 0 Å². The fourth-order valence-electron chi connectivity index (χ4n) is 7.74. The minimum atomic E-state index is -0.277. The molecule has 1 aliphatic heterocycles. The maximum absolute atomic E-state index is 13.3. The number of hydrogen-bond acceptors (Lipinski definition) is 3. The molecule has 0 radical (unpaired) electrons. The average Bonchev–Trinajstić information content (AvgIpc) is 3.14. The first-order valence-electron chi connectivity index (χ1n) is 17.1. The van der Waals surface area contributed by atoms with E-state index in [1.807, 2.05) is 0 Å². The lowest BCUT2D eigenvalue weighted by Crippen LogP contribution is -2.36. The van der Waals surface area contributed by atoms with Gasteiger partial charge in [0.05, 0.1) is 0 Å². The summed E-state index contributed by atoms with van der Waals surface area (Å²) in [5.74, 6) is 0.0678. The molecule has 2 aliphatic carbocycles. The van der Waals surface area contributed by atoms with E-state index in [0.717, 1.165) is 76.0 Å². The summed E-state index contributed by atoms with van der Waals surface area (Å²) < 4.78 is 0. The number of carbonyl (C=O) groups is 2. The van der Waals surface area contributed by atoms with E-state index in [4.69, 9.17) is 0 Å². The Hall–Kier alpha value is -5.54. The van der Waals surface area contributed by atoms with Crippen molar-refractivity contribution in [2.45, 2.75) is 44.4 Å². The monoisotopic (exact) mass is 623 g/mol. The lowest BCUT2D eigenvalue weighted by molar-refractivity contribution is -0.117. The summed E-state index contributed by atoms with van der Waals surface area (Å²) in [6.07, 6.45) is 4.55. The quantitative estimate of drug-likeness (QED) is 0.192. The van der Waals surface area contributed by atoms with Crippen LogP contribution in [0.4, 0.5) is 0 Å². The summed E-state index contributed by atoms with van der Waals surface area (Å²) in [5, 5.41) is 3.52. The zero-order valence-electron chi connectivity index (χ0n) is 26.9. The average molecular weight is 624 g/mol. The molecular formula is C45H37NO2. The normalized spacial score (nSPS) is 16.2. The van der Waals surface area contributed by atoms with Crippen molar-refractivity contribution in [1.82, 2.24) is 5.32 Å². The van der Waals surface area contributed by atoms with Gasteiger partial charge in [-0.1, -0.05) is 140 Å². The van der Waals surface area contributed by atoms with Gasteiger partial charge in [-0.25, -0.2) is 0 Å². The van der Waals surface area contributed by atoms with E-state index in [1.54, 1.807) is 0 Å². The molecule has 0 fully saturated rings. The van der Waals surface area contributed by atoms with Gasteiger partial charge in [0.1, 0.15) is 0 Å². The Labute approximate surface area is 282 Å². The third kappa shape index (κ3) is 5.56. The Bertz CT molecular complexity index is 2000. The second kappa shape index (κ2) is 12.9. The molecule has 0 saturated carbocycles. The van der Waals surface area contributed by atoms with Crippen LogP contribution in [-0.4, -0.2) is 11.6 Å². The summed E-state index contributed by atoms with van der Waals surface area (Å²) >= 11 is 0. The minimum Gasteiger partial charge on any atom is -0.362 e. The van der Waals surface area contributed by atoms with E-state index in [-0.39, 0.29) is 17.5 Å². The van der Waals surface area contributed by atoms with Gasteiger partial charge in [0, 0.05) is 41.3 Å². The van der Waals surface area contributed by atoms with Crippen LogP contribution in [0.1, 0.15) is 72.3 Å². The van der Waals surface area contributed by atoms with Crippen molar-refractivity contribution in [3.05, 3.63) is 190 Å². The molecule has 1 N–H and O–H groups in total. The number of carbonyl (C=O) groups excluding carboxylic acids is 2. The second-order valence-electron chi connectivity index (χ2n) is 12.9. The van der Waals surface area contributed by atoms with Crippen LogP contribution in [0.15, 0.2) is 162 Å². The molecule has 0 aromatic heterocycles. The Morgan fingerprint density at radius 1 is 0.438 bits per heavy atom. The summed E-state index contributed by atoms with van der Waals surface area (Å²) in [5.41, 5.74) is 13.9. The molecule has 0 atom stereocenters. The number of hydrogen-bond donors (Lipinski definition) is 1. The van der Waals surface area contributed by atoms with Crippen LogP contribution in [-0.2, 0) is 9.59 Å². The van der Waals surface area contributed by atoms with Crippen molar-refractivity contribution in [2.24, 2.45) is 0 Å². The van der Waals surface area contributed by atoms with Crippen LogP contribution < -0.4 is 5.32 Å². The van der Waals surface area contributed by atoms with Gasteiger partial charge in [-0.05, 0) is 75.8 Å². The predicted molar refractivity (Wildman–Crippen MR) is 194 cm³/mol.